The smallest absolute Gasteiger partial charge is 0.255 e. The molecule has 0 spiro atoms. The van der Waals surface area contributed by atoms with Crippen LogP contribution in [0, 0.1) is 17.5 Å². The Balaban J connectivity index is 2.31. The maximum atomic E-state index is 13.6. The van der Waals surface area contributed by atoms with Crippen LogP contribution in [0.25, 0.3) is 0 Å². The molecule has 7 heteroatoms. The van der Waals surface area contributed by atoms with Crippen molar-refractivity contribution < 1.29 is 18.0 Å². The second-order valence-electron chi connectivity index (χ2n) is 4.14. The van der Waals surface area contributed by atoms with Crippen LogP contribution in [0.2, 0.25) is 5.02 Å². The molecular weight excluding hydrogens is 305 g/mol. The second kappa shape index (κ2) is 6.05. The first-order valence-corrected chi connectivity index (χ1v) is 6.23. The Hall–Kier alpha value is -2.21. The highest BCUT2D eigenvalue weighted by molar-refractivity contribution is 6.31. The standard InChI is InChI=1S/C14H10ClF3N2O/c1-19-13-10(17)4-7(5-11(13)18)14(21)20-12-6-8(15)2-3-9(12)16/h2-6,19H,1H3,(H,20,21). The van der Waals surface area contributed by atoms with Crippen molar-refractivity contribution in [1.29, 1.82) is 0 Å². The topological polar surface area (TPSA) is 41.1 Å². The van der Waals surface area contributed by atoms with Crippen LogP contribution in [-0.2, 0) is 0 Å². The summed E-state index contributed by atoms with van der Waals surface area (Å²) >= 11 is 5.69. The molecule has 0 aromatic heterocycles. The molecule has 0 unspecified atom stereocenters. The number of rotatable bonds is 3. The molecular formula is C14H10ClF3N2O. The van der Waals surface area contributed by atoms with Crippen LogP contribution < -0.4 is 10.6 Å². The van der Waals surface area contributed by atoms with Crippen LogP contribution in [0.15, 0.2) is 30.3 Å². The minimum absolute atomic E-state index is 0.175. The second-order valence-corrected chi connectivity index (χ2v) is 4.58. The lowest BCUT2D eigenvalue weighted by Crippen LogP contribution is -2.14. The van der Waals surface area contributed by atoms with Gasteiger partial charge in [-0.3, -0.25) is 4.79 Å². The summed E-state index contributed by atoms with van der Waals surface area (Å²) in [6, 6.07) is 5.29. The van der Waals surface area contributed by atoms with Crippen LogP contribution in [-0.4, -0.2) is 13.0 Å². The molecule has 0 heterocycles. The quantitative estimate of drug-likeness (QED) is 0.897. The number of hydrogen-bond acceptors (Lipinski definition) is 2. The molecule has 2 aromatic carbocycles. The van der Waals surface area contributed by atoms with Gasteiger partial charge in [0.2, 0.25) is 0 Å². The van der Waals surface area contributed by atoms with E-state index in [2.05, 4.69) is 10.6 Å². The van der Waals surface area contributed by atoms with Crippen LogP contribution in [0.3, 0.4) is 0 Å². The number of carbonyl (C=O) groups is 1. The zero-order valence-corrected chi connectivity index (χ0v) is 11.6. The SMILES string of the molecule is CNc1c(F)cc(C(=O)Nc2cc(Cl)ccc2F)cc1F. The molecule has 0 fully saturated rings. The van der Waals surface area contributed by atoms with Gasteiger partial charge in [-0.05, 0) is 30.3 Å². The van der Waals surface area contributed by atoms with E-state index in [0.717, 1.165) is 18.2 Å². The Bertz CT molecular complexity index is 684. The first kappa shape index (κ1) is 15.2. The number of amides is 1. The van der Waals surface area contributed by atoms with Crippen LogP contribution in [0.5, 0.6) is 0 Å². The summed E-state index contributed by atoms with van der Waals surface area (Å²) in [5.41, 5.74) is -0.796. The van der Waals surface area contributed by atoms with Gasteiger partial charge in [0.1, 0.15) is 23.1 Å². The molecule has 0 saturated heterocycles. The Morgan fingerprint density at radius 2 is 1.67 bits per heavy atom. The fourth-order valence-corrected chi connectivity index (χ4v) is 1.90. The van der Waals surface area contributed by atoms with E-state index in [1.54, 1.807) is 0 Å². The Morgan fingerprint density at radius 1 is 1.05 bits per heavy atom. The van der Waals surface area contributed by atoms with Crippen molar-refractivity contribution in [1.82, 2.24) is 0 Å². The van der Waals surface area contributed by atoms with Crippen molar-refractivity contribution in [2.24, 2.45) is 0 Å². The van der Waals surface area contributed by atoms with Crippen molar-refractivity contribution >= 4 is 28.9 Å². The van der Waals surface area contributed by atoms with E-state index in [1.807, 2.05) is 0 Å². The maximum absolute atomic E-state index is 13.6. The molecule has 0 bridgehead atoms. The monoisotopic (exact) mass is 314 g/mol. The van der Waals surface area contributed by atoms with Gasteiger partial charge in [-0.1, -0.05) is 11.6 Å². The number of hydrogen-bond donors (Lipinski definition) is 2. The van der Waals surface area contributed by atoms with E-state index in [9.17, 15) is 18.0 Å². The summed E-state index contributed by atoms with van der Waals surface area (Å²) in [6.07, 6.45) is 0. The van der Waals surface area contributed by atoms with Gasteiger partial charge in [-0.15, -0.1) is 0 Å². The first-order valence-electron chi connectivity index (χ1n) is 5.85. The zero-order valence-electron chi connectivity index (χ0n) is 10.8. The van der Waals surface area contributed by atoms with E-state index in [4.69, 9.17) is 11.6 Å². The Kier molecular flexibility index (Phi) is 4.37. The number of carbonyl (C=O) groups excluding carboxylic acids is 1. The lowest BCUT2D eigenvalue weighted by Gasteiger charge is -2.09. The Morgan fingerprint density at radius 3 is 2.24 bits per heavy atom. The van der Waals surface area contributed by atoms with Gasteiger partial charge in [-0.25, -0.2) is 13.2 Å². The average Bonchev–Trinajstić information content (AvgIpc) is 2.42. The first-order chi connectivity index (χ1) is 9.92. The largest absolute Gasteiger partial charge is 0.383 e. The number of nitrogens with one attached hydrogen (secondary N) is 2. The molecule has 0 aliphatic heterocycles. The molecule has 2 N–H and O–H groups in total. The van der Waals surface area contributed by atoms with Gasteiger partial charge < -0.3 is 10.6 Å². The average molecular weight is 315 g/mol. The normalized spacial score (nSPS) is 10.3. The van der Waals surface area contributed by atoms with Crippen molar-refractivity contribution in [3.63, 3.8) is 0 Å². The summed E-state index contributed by atoms with van der Waals surface area (Å²) in [7, 11) is 1.35. The highest BCUT2D eigenvalue weighted by Crippen LogP contribution is 2.23. The molecule has 1 amide bonds. The summed E-state index contributed by atoms with van der Waals surface area (Å²) in [5.74, 6) is -3.40. The molecule has 0 aliphatic rings. The predicted octanol–water partition coefficient (Wildman–Crippen LogP) is 4.05. The van der Waals surface area contributed by atoms with Crippen molar-refractivity contribution in [2.75, 3.05) is 17.7 Å². The predicted molar refractivity (Wildman–Crippen MR) is 75.3 cm³/mol. The van der Waals surface area contributed by atoms with E-state index < -0.39 is 23.4 Å². The Labute approximate surface area is 123 Å². The third-order valence-corrected chi connectivity index (χ3v) is 2.97. The van der Waals surface area contributed by atoms with Gasteiger partial charge >= 0.3 is 0 Å². The highest BCUT2D eigenvalue weighted by atomic mass is 35.5. The van der Waals surface area contributed by atoms with Gasteiger partial charge in [0.25, 0.3) is 5.91 Å². The lowest BCUT2D eigenvalue weighted by atomic mass is 10.1. The van der Waals surface area contributed by atoms with Gasteiger partial charge in [-0.2, -0.15) is 0 Å². The molecule has 21 heavy (non-hydrogen) atoms. The summed E-state index contributed by atoms with van der Waals surface area (Å²) in [4.78, 5) is 11.9. The van der Waals surface area contributed by atoms with Crippen LogP contribution >= 0.6 is 11.6 Å². The molecule has 0 radical (unpaired) electrons. The van der Waals surface area contributed by atoms with E-state index in [-0.39, 0.29) is 22.0 Å². The van der Waals surface area contributed by atoms with E-state index in [1.165, 1.54) is 19.2 Å². The highest BCUT2D eigenvalue weighted by Gasteiger charge is 2.15. The summed E-state index contributed by atoms with van der Waals surface area (Å²) < 4.78 is 40.6. The maximum Gasteiger partial charge on any atom is 0.255 e. The minimum Gasteiger partial charge on any atom is -0.383 e. The fraction of sp³-hybridized carbons (Fsp3) is 0.0714. The molecule has 0 aliphatic carbocycles. The number of anilines is 2. The molecule has 110 valence electrons. The molecule has 0 atom stereocenters. The zero-order chi connectivity index (χ0) is 15.6. The van der Waals surface area contributed by atoms with Gasteiger partial charge in [0.05, 0.1) is 5.69 Å². The molecule has 3 nitrogen and oxygen atoms in total. The summed E-state index contributed by atoms with van der Waals surface area (Å²) in [5, 5.41) is 4.76. The third kappa shape index (κ3) is 3.28. The minimum atomic E-state index is -0.922. The molecule has 2 rings (SSSR count). The van der Waals surface area contributed by atoms with Crippen molar-refractivity contribution in [3.05, 3.63) is 58.4 Å². The lowest BCUT2D eigenvalue weighted by molar-refractivity contribution is 0.102. The van der Waals surface area contributed by atoms with E-state index >= 15 is 0 Å². The van der Waals surface area contributed by atoms with Crippen LogP contribution in [0.1, 0.15) is 10.4 Å². The molecule has 2 aromatic rings. The van der Waals surface area contributed by atoms with Gasteiger partial charge in [0, 0.05) is 17.6 Å². The fourth-order valence-electron chi connectivity index (χ4n) is 1.73. The number of halogens is 4. The van der Waals surface area contributed by atoms with E-state index in [0.29, 0.717) is 0 Å². The van der Waals surface area contributed by atoms with Crippen molar-refractivity contribution in [3.8, 4) is 0 Å². The third-order valence-electron chi connectivity index (χ3n) is 2.73. The van der Waals surface area contributed by atoms with Crippen molar-refractivity contribution in [2.45, 2.75) is 0 Å². The molecule has 0 saturated carbocycles. The van der Waals surface area contributed by atoms with Crippen LogP contribution in [0.4, 0.5) is 24.5 Å². The number of benzene rings is 2. The summed E-state index contributed by atoms with van der Waals surface area (Å²) in [6.45, 7) is 0. The van der Waals surface area contributed by atoms with Gasteiger partial charge in [0.15, 0.2) is 0 Å².